The molecule has 1 fully saturated rings. The topological polar surface area (TPSA) is 60.3 Å². The molecule has 0 aliphatic carbocycles. The summed E-state index contributed by atoms with van der Waals surface area (Å²) in [5.41, 5.74) is -0.0891. The first-order valence-electron chi connectivity index (χ1n) is 8.04. The molecule has 5 nitrogen and oxygen atoms in total. The SMILES string of the molecule is O=C(Cn1cc(C(=O)C(F)(F)F)c2cc(Br)ccc21)NC[C@@H]1CCCO1. The van der Waals surface area contributed by atoms with Crippen molar-refractivity contribution in [2.24, 2.45) is 0 Å². The predicted octanol–water partition coefficient (Wildman–Crippen LogP) is 3.44. The van der Waals surface area contributed by atoms with Crippen LogP contribution in [0.1, 0.15) is 23.2 Å². The van der Waals surface area contributed by atoms with E-state index in [1.807, 2.05) is 0 Å². The number of benzene rings is 1. The average Bonchev–Trinajstić information content (AvgIpc) is 3.19. The van der Waals surface area contributed by atoms with Gasteiger partial charge in [-0.15, -0.1) is 0 Å². The first-order chi connectivity index (χ1) is 12.3. The van der Waals surface area contributed by atoms with Gasteiger partial charge >= 0.3 is 6.18 Å². The number of rotatable bonds is 5. The molecule has 140 valence electrons. The maximum Gasteiger partial charge on any atom is 0.454 e. The van der Waals surface area contributed by atoms with Crippen LogP contribution in [-0.4, -0.2) is 41.7 Å². The van der Waals surface area contributed by atoms with Crippen molar-refractivity contribution in [2.45, 2.75) is 31.7 Å². The zero-order valence-corrected chi connectivity index (χ0v) is 15.2. The summed E-state index contributed by atoms with van der Waals surface area (Å²) in [6.07, 6.45) is -2.12. The van der Waals surface area contributed by atoms with E-state index >= 15 is 0 Å². The largest absolute Gasteiger partial charge is 0.454 e. The van der Waals surface area contributed by atoms with E-state index in [0.717, 1.165) is 19.0 Å². The van der Waals surface area contributed by atoms with Crippen molar-refractivity contribution >= 4 is 38.5 Å². The molecular weight excluding hydrogens is 417 g/mol. The standard InChI is InChI=1S/C17H16BrF3N2O3/c18-10-3-4-14-12(6-10)13(16(25)17(19,20)21)8-23(14)9-15(24)22-7-11-2-1-5-26-11/h3-4,6,8,11H,1-2,5,7,9H2,(H,22,24)/t11-/m0/s1. The number of Topliss-reactive ketones (excluding diaryl/α,β-unsaturated/α-hetero) is 1. The maximum atomic E-state index is 12.9. The van der Waals surface area contributed by atoms with Crippen LogP contribution in [-0.2, 0) is 16.1 Å². The summed E-state index contributed by atoms with van der Waals surface area (Å²) in [7, 11) is 0. The van der Waals surface area contributed by atoms with E-state index in [-0.39, 0.29) is 23.9 Å². The Hall–Kier alpha value is -1.87. The summed E-state index contributed by atoms with van der Waals surface area (Å²) in [6, 6.07) is 4.65. The fraction of sp³-hybridized carbons (Fsp3) is 0.412. The van der Waals surface area contributed by atoms with Crippen LogP contribution in [0.5, 0.6) is 0 Å². The molecule has 1 amide bonds. The number of ether oxygens (including phenoxy) is 1. The van der Waals surface area contributed by atoms with Crippen LogP contribution < -0.4 is 5.32 Å². The van der Waals surface area contributed by atoms with Gasteiger partial charge < -0.3 is 14.6 Å². The molecule has 1 N–H and O–H groups in total. The molecule has 1 aromatic carbocycles. The number of alkyl halides is 3. The Morgan fingerprint density at radius 1 is 1.35 bits per heavy atom. The first kappa shape index (κ1) is 18.9. The van der Waals surface area contributed by atoms with Gasteiger partial charge in [-0.25, -0.2) is 0 Å². The van der Waals surface area contributed by atoms with Crippen molar-refractivity contribution in [1.29, 1.82) is 0 Å². The fourth-order valence-electron chi connectivity index (χ4n) is 2.98. The van der Waals surface area contributed by atoms with Crippen LogP contribution in [0.2, 0.25) is 0 Å². The Morgan fingerprint density at radius 3 is 2.77 bits per heavy atom. The summed E-state index contributed by atoms with van der Waals surface area (Å²) in [5, 5.41) is 2.86. The first-order valence-corrected chi connectivity index (χ1v) is 8.83. The number of fused-ring (bicyclic) bond motifs is 1. The number of amides is 1. The van der Waals surface area contributed by atoms with Gasteiger partial charge in [0, 0.05) is 34.7 Å². The highest BCUT2D eigenvalue weighted by molar-refractivity contribution is 9.10. The van der Waals surface area contributed by atoms with Crippen molar-refractivity contribution in [1.82, 2.24) is 9.88 Å². The maximum absolute atomic E-state index is 12.9. The van der Waals surface area contributed by atoms with Crippen LogP contribution in [0.15, 0.2) is 28.9 Å². The number of hydrogen-bond acceptors (Lipinski definition) is 3. The van der Waals surface area contributed by atoms with Gasteiger partial charge in [0.1, 0.15) is 6.54 Å². The molecule has 0 spiro atoms. The average molecular weight is 433 g/mol. The number of nitrogens with zero attached hydrogens (tertiary/aromatic N) is 1. The molecule has 1 aliphatic rings. The van der Waals surface area contributed by atoms with E-state index in [1.165, 1.54) is 10.6 Å². The van der Waals surface area contributed by atoms with Gasteiger partial charge in [-0.3, -0.25) is 9.59 Å². The van der Waals surface area contributed by atoms with E-state index in [2.05, 4.69) is 21.2 Å². The fourth-order valence-corrected chi connectivity index (χ4v) is 3.34. The van der Waals surface area contributed by atoms with Crippen molar-refractivity contribution < 1.29 is 27.5 Å². The van der Waals surface area contributed by atoms with E-state index < -0.39 is 17.5 Å². The monoisotopic (exact) mass is 432 g/mol. The van der Waals surface area contributed by atoms with E-state index in [1.54, 1.807) is 12.1 Å². The molecule has 1 aromatic heterocycles. The Balaban J connectivity index is 1.83. The Morgan fingerprint density at radius 2 is 2.12 bits per heavy atom. The van der Waals surface area contributed by atoms with Gasteiger partial charge in [0.2, 0.25) is 5.91 Å². The minimum atomic E-state index is -4.98. The lowest BCUT2D eigenvalue weighted by Gasteiger charge is -2.11. The van der Waals surface area contributed by atoms with Gasteiger partial charge in [0.15, 0.2) is 0 Å². The van der Waals surface area contributed by atoms with Crippen LogP contribution in [0, 0.1) is 0 Å². The van der Waals surface area contributed by atoms with Crippen molar-refractivity contribution in [2.75, 3.05) is 13.2 Å². The molecule has 0 bridgehead atoms. The number of carbonyl (C=O) groups is 2. The number of nitrogens with one attached hydrogen (secondary N) is 1. The normalized spacial score (nSPS) is 17.6. The lowest BCUT2D eigenvalue weighted by molar-refractivity contribution is -0.122. The Bertz CT molecular complexity index is 842. The van der Waals surface area contributed by atoms with Crippen LogP contribution in [0.3, 0.4) is 0 Å². The highest BCUT2D eigenvalue weighted by atomic mass is 79.9. The quantitative estimate of drug-likeness (QED) is 0.736. The second-order valence-corrected chi connectivity index (χ2v) is 7.01. The zero-order valence-electron chi connectivity index (χ0n) is 13.6. The van der Waals surface area contributed by atoms with Gasteiger partial charge in [-0.1, -0.05) is 15.9 Å². The minimum absolute atomic E-state index is 0.0290. The molecular formula is C17H16BrF3N2O3. The summed E-state index contributed by atoms with van der Waals surface area (Å²) < 4.78 is 45.9. The molecule has 9 heteroatoms. The van der Waals surface area contributed by atoms with Gasteiger partial charge in [-0.05, 0) is 31.0 Å². The van der Waals surface area contributed by atoms with Gasteiger partial charge in [0.25, 0.3) is 5.78 Å². The molecule has 1 saturated heterocycles. The second kappa shape index (κ2) is 7.40. The van der Waals surface area contributed by atoms with Crippen molar-refractivity contribution in [3.05, 3.63) is 34.4 Å². The van der Waals surface area contributed by atoms with Crippen LogP contribution in [0.25, 0.3) is 10.9 Å². The summed E-state index contributed by atoms with van der Waals surface area (Å²) >= 11 is 3.19. The number of carbonyl (C=O) groups excluding carboxylic acids is 2. The third kappa shape index (κ3) is 4.09. The molecule has 1 aliphatic heterocycles. The van der Waals surface area contributed by atoms with E-state index in [4.69, 9.17) is 4.74 Å². The van der Waals surface area contributed by atoms with Crippen molar-refractivity contribution in [3.63, 3.8) is 0 Å². The Kier molecular flexibility index (Phi) is 5.38. The van der Waals surface area contributed by atoms with E-state index in [9.17, 15) is 22.8 Å². The number of halogens is 4. The molecule has 26 heavy (non-hydrogen) atoms. The van der Waals surface area contributed by atoms with E-state index in [0.29, 0.717) is 23.1 Å². The molecule has 0 saturated carbocycles. The van der Waals surface area contributed by atoms with Crippen molar-refractivity contribution in [3.8, 4) is 0 Å². The summed E-state index contributed by atoms with van der Waals surface area (Å²) in [4.78, 5) is 23.9. The number of hydrogen-bond donors (Lipinski definition) is 1. The molecule has 2 aromatic rings. The molecule has 3 rings (SSSR count). The third-order valence-electron chi connectivity index (χ3n) is 4.21. The smallest absolute Gasteiger partial charge is 0.376 e. The lowest BCUT2D eigenvalue weighted by atomic mass is 10.1. The molecule has 2 heterocycles. The predicted molar refractivity (Wildman–Crippen MR) is 92.0 cm³/mol. The molecule has 0 unspecified atom stereocenters. The number of ketones is 1. The third-order valence-corrected chi connectivity index (χ3v) is 4.70. The zero-order chi connectivity index (χ0) is 18.9. The summed E-state index contributed by atoms with van der Waals surface area (Å²) in [5.74, 6) is -2.29. The summed E-state index contributed by atoms with van der Waals surface area (Å²) in [6.45, 7) is 0.842. The van der Waals surface area contributed by atoms with Crippen LogP contribution in [0.4, 0.5) is 13.2 Å². The highest BCUT2D eigenvalue weighted by Crippen LogP contribution is 2.30. The second-order valence-electron chi connectivity index (χ2n) is 6.10. The Labute approximate surface area is 155 Å². The molecule has 0 radical (unpaired) electrons. The minimum Gasteiger partial charge on any atom is -0.376 e. The molecule has 1 atom stereocenters. The van der Waals surface area contributed by atoms with Gasteiger partial charge in [-0.2, -0.15) is 13.2 Å². The van der Waals surface area contributed by atoms with Gasteiger partial charge in [0.05, 0.1) is 11.7 Å². The number of aromatic nitrogens is 1. The van der Waals surface area contributed by atoms with Crippen LogP contribution >= 0.6 is 15.9 Å². The highest BCUT2D eigenvalue weighted by Gasteiger charge is 2.41. The lowest BCUT2D eigenvalue weighted by Crippen LogP contribution is -2.34.